The molecule has 0 aliphatic rings. The fourth-order valence-electron chi connectivity index (χ4n) is 4.28. The van der Waals surface area contributed by atoms with Crippen LogP contribution in [-0.2, 0) is 35.4 Å². The lowest BCUT2D eigenvalue weighted by atomic mass is 10.00. The minimum absolute atomic E-state index is 0.00144. The van der Waals surface area contributed by atoms with Crippen LogP contribution in [-0.4, -0.2) is 29.3 Å². The first kappa shape index (κ1) is 27.2. The number of benzene rings is 3. The number of rotatable bonds is 12. The molecule has 1 N–H and O–H groups in total. The third-order valence-corrected chi connectivity index (χ3v) is 6.62. The zero-order valence-corrected chi connectivity index (χ0v) is 22.2. The van der Waals surface area contributed by atoms with E-state index < -0.39 is 6.04 Å². The molecule has 4 heteroatoms. The average Bonchev–Trinajstić information content (AvgIpc) is 2.89. The zero-order chi connectivity index (χ0) is 25.9. The second-order valence-electron chi connectivity index (χ2n) is 9.96. The van der Waals surface area contributed by atoms with E-state index in [1.54, 1.807) is 4.90 Å². The lowest BCUT2D eigenvalue weighted by molar-refractivity contribution is -0.141. The summed E-state index contributed by atoms with van der Waals surface area (Å²) in [6.07, 6.45) is 2.49. The van der Waals surface area contributed by atoms with E-state index in [-0.39, 0.29) is 11.8 Å². The summed E-state index contributed by atoms with van der Waals surface area (Å²) in [6, 6.07) is 25.9. The highest BCUT2D eigenvalue weighted by Crippen LogP contribution is 2.19. The van der Waals surface area contributed by atoms with Crippen LogP contribution >= 0.6 is 0 Å². The van der Waals surface area contributed by atoms with E-state index in [2.05, 4.69) is 63.3 Å². The summed E-state index contributed by atoms with van der Waals surface area (Å²) < 4.78 is 0. The number of aryl methyl sites for hydroxylation is 3. The summed E-state index contributed by atoms with van der Waals surface area (Å²) >= 11 is 0. The summed E-state index contributed by atoms with van der Waals surface area (Å²) in [6.45, 7) is 9.34. The highest BCUT2D eigenvalue weighted by atomic mass is 16.2. The number of hydrogen-bond donors (Lipinski definition) is 1. The van der Waals surface area contributed by atoms with Crippen molar-refractivity contribution < 1.29 is 9.59 Å². The van der Waals surface area contributed by atoms with Crippen molar-refractivity contribution in [3.63, 3.8) is 0 Å². The molecule has 0 heterocycles. The smallest absolute Gasteiger partial charge is 0.243 e. The first-order valence-corrected chi connectivity index (χ1v) is 13.1. The van der Waals surface area contributed by atoms with Crippen molar-refractivity contribution in [3.05, 3.63) is 107 Å². The Hall–Kier alpha value is -3.40. The predicted molar refractivity (Wildman–Crippen MR) is 148 cm³/mol. The molecular weight excluding hydrogens is 444 g/mol. The maximum atomic E-state index is 13.8. The Labute approximate surface area is 216 Å². The summed E-state index contributed by atoms with van der Waals surface area (Å²) in [5.74, 6) is 0.234. The van der Waals surface area contributed by atoms with Crippen molar-refractivity contribution in [1.29, 1.82) is 0 Å². The van der Waals surface area contributed by atoms with Gasteiger partial charge in [0.2, 0.25) is 11.8 Å². The van der Waals surface area contributed by atoms with E-state index in [1.165, 1.54) is 5.56 Å². The lowest BCUT2D eigenvalue weighted by Gasteiger charge is -2.32. The Morgan fingerprint density at radius 1 is 0.833 bits per heavy atom. The van der Waals surface area contributed by atoms with Gasteiger partial charge in [-0.2, -0.15) is 0 Å². The molecule has 3 aromatic carbocycles. The normalized spacial score (nSPS) is 11.8. The van der Waals surface area contributed by atoms with Crippen molar-refractivity contribution in [3.8, 4) is 0 Å². The summed E-state index contributed by atoms with van der Waals surface area (Å²) in [5.41, 5.74) is 5.65. The molecule has 0 fully saturated rings. The van der Waals surface area contributed by atoms with Crippen LogP contribution in [0, 0.1) is 12.8 Å². The second kappa shape index (κ2) is 13.6. The van der Waals surface area contributed by atoms with Gasteiger partial charge in [0.05, 0.1) is 0 Å². The fraction of sp³-hybridized carbons (Fsp3) is 0.375. The molecule has 2 amide bonds. The van der Waals surface area contributed by atoms with Gasteiger partial charge >= 0.3 is 0 Å². The van der Waals surface area contributed by atoms with E-state index in [9.17, 15) is 9.59 Å². The van der Waals surface area contributed by atoms with E-state index >= 15 is 0 Å². The van der Waals surface area contributed by atoms with E-state index in [4.69, 9.17) is 0 Å². The number of nitrogens with zero attached hydrogens (tertiary/aromatic N) is 1. The molecule has 190 valence electrons. The number of carbonyl (C=O) groups excluding carboxylic acids is 2. The van der Waals surface area contributed by atoms with Crippen LogP contribution < -0.4 is 5.32 Å². The monoisotopic (exact) mass is 484 g/mol. The molecule has 0 radical (unpaired) electrons. The van der Waals surface area contributed by atoms with Gasteiger partial charge in [-0.15, -0.1) is 0 Å². The molecule has 4 nitrogen and oxygen atoms in total. The van der Waals surface area contributed by atoms with Gasteiger partial charge in [-0.1, -0.05) is 99.6 Å². The molecule has 0 spiro atoms. The number of carbonyl (C=O) groups is 2. The molecule has 0 aliphatic carbocycles. The number of amides is 2. The van der Waals surface area contributed by atoms with Gasteiger partial charge in [-0.05, 0) is 53.5 Å². The average molecular weight is 485 g/mol. The molecule has 36 heavy (non-hydrogen) atoms. The number of nitrogens with one attached hydrogen (secondary N) is 1. The molecule has 0 saturated heterocycles. The van der Waals surface area contributed by atoms with Gasteiger partial charge in [-0.3, -0.25) is 9.59 Å². The van der Waals surface area contributed by atoms with Crippen molar-refractivity contribution in [2.45, 2.75) is 66.0 Å². The Bertz CT molecular complexity index is 1110. The minimum atomic E-state index is -0.583. The molecule has 1 unspecified atom stereocenters. The third kappa shape index (κ3) is 8.08. The van der Waals surface area contributed by atoms with E-state index in [0.717, 1.165) is 28.7 Å². The Kier molecular flexibility index (Phi) is 10.3. The maximum Gasteiger partial charge on any atom is 0.243 e. The van der Waals surface area contributed by atoms with Gasteiger partial charge in [0.15, 0.2) is 0 Å². The zero-order valence-electron chi connectivity index (χ0n) is 22.2. The SMILES string of the molecule is CCc1ccc(CCC(=O)N(Cc2ccccc2C)C(Cc2ccccc2)C(=O)NCC(C)C)cc1. The van der Waals surface area contributed by atoms with Gasteiger partial charge in [0.25, 0.3) is 0 Å². The molecule has 1 atom stereocenters. The highest BCUT2D eigenvalue weighted by Gasteiger charge is 2.30. The first-order valence-electron chi connectivity index (χ1n) is 13.1. The largest absolute Gasteiger partial charge is 0.354 e. The molecule has 0 bridgehead atoms. The summed E-state index contributed by atoms with van der Waals surface area (Å²) in [7, 11) is 0. The molecular formula is C32H40N2O2. The predicted octanol–water partition coefficient (Wildman–Crippen LogP) is 5.90. The Morgan fingerprint density at radius 3 is 2.11 bits per heavy atom. The van der Waals surface area contributed by atoms with Gasteiger partial charge in [0.1, 0.15) is 6.04 Å². The van der Waals surface area contributed by atoms with Crippen LogP contribution in [0.15, 0.2) is 78.9 Å². The summed E-state index contributed by atoms with van der Waals surface area (Å²) in [5, 5.41) is 3.09. The molecule has 0 saturated carbocycles. The van der Waals surface area contributed by atoms with Crippen LogP contribution in [0.3, 0.4) is 0 Å². The van der Waals surface area contributed by atoms with Crippen LogP contribution in [0.2, 0.25) is 0 Å². The van der Waals surface area contributed by atoms with Gasteiger partial charge in [0, 0.05) is 25.9 Å². The van der Waals surface area contributed by atoms with E-state index in [0.29, 0.717) is 38.3 Å². The third-order valence-electron chi connectivity index (χ3n) is 6.62. The molecule has 0 aliphatic heterocycles. The van der Waals surface area contributed by atoms with Gasteiger partial charge < -0.3 is 10.2 Å². The fourth-order valence-corrected chi connectivity index (χ4v) is 4.28. The number of hydrogen-bond acceptors (Lipinski definition) is 2. The Morgan fingerprint density at radius 2 is 1.47 bits per heavy atom. The van der Waals surface area contributed by atoms with Crippen molar-refractivity contribution in [2.24, 2.45) is 5.92 Å². The standard InChI is InChI=1S/C32H40N2O2/c1-5-26-15-17-27(18-16-26)19-20-31(35)34(23-29-14-10-9-11-25(29)4)30(32(36)33-22-24(2)3)21-28-12-7-6-8-13-28/h6-18,24,30H,5,19-23H2,1-4H3,(H,33,36). The van der Waals surface area contributed by atoms with Gasteiger partial charge in [-0.25, -0.2) is 0 Å². The molecule has 3 aromatic rings. The van der Waals surface area contributed by atoms with Crippen LogP contribution in [0.5, 0.6) is 0 Å². The van der Waals surface area contributed by atoms with Crippen molar-refractivity contribution >= 4 is 11.8 Å². The minimum Gasteiger partial charge on any atom is -0.354 e. The quantitative estimate of drug-likeness (QED) is 0.348. The van der Waals surface area contributed by atoms with Crippen LogP contribution in [0.4, 0.5) is 0 Å². The first-order chi connectivity index (χ1) is 17.4. The molecule has 3 rings (SSSR count). The highest BCUT2D eigenvalue weighted by molar-refractivity contribution is 5.88. The van der Waals surface area contributed by atoms with Crippen LogP contribution in [0.1, 0.15) is 55.0 Å². The Balaban J connectivity index is 1.89. The van der Waals surface area contributed by atoms with E-state index in [1.807, 2.05) is 48.5 Å². The second-order valence-corrected chi connectivity index (χ2v) is 9.96. The topological polar surface area (TPSA) is 49.4 Å². The lowest BCUT2D eigenvalue weighted by Crippen LogP contribution is -2.51. The molecule has 0 aromatic heterocycles. The summed E-state index contributed by atoms with van der Waals surface area (Å²) in [4.78, 5) is 29.1. The van der Waals surface area contributed by atoms with Crippen molar-refractivity contribution in [1.82, 2.24) is 10.2 Å². The maximum absolute atomic E-state index is 13.8. The van der Waals surface area contributed by atoms with Crippen LogP contribution in [0.25, 0.3) is 0 Å². The van der Waals surface area contributed by atoms with Crippen molar-refractivity contribution in [2.75, 3.05) is 6.54 Å².